The molecule has 0 spiro atoms. The first-order chi connectivity index (χ1) is 14.9. The molecule has 0 radical (unpaired) electrons. The summed E-state index contributed by atoms with van der Waals surface area (Å²) in [6.07, 6.45) is 0.0494. The number of benzene rings is 2. The SMILES string of the molecule is CC(C)OCc1nnc(-c2cc(Cl)ccc2NS(=O)(=O)c2ccc(C(C)(C)C)cc2)n1C. The van der Waals surface area contributed by atoms with Gasteiger partial charge in [0.05, 0.1) is 16.7 Å². The van der Waals surface area contributed by atoms with Gasteiger partial charge >= 0.3 is 0 Å². The number of sulfonamides is 1. The molecule has 0 atom stereocenters. The van der Waals surface area contributed by atoms with Crippen LogP contribution in [-0.2, 0) is 33.8 Å². The molecular weight excluding hydrogens is 448 g/mol. The van der Waals surface area contributed by atoms with Gasteiger partial charge in [0, 0.05) is 17.6 Å². The van der Waals surface area contributed by atoms with Crippen molar-refractivity contribution in [2.24, 2.45) is 7.05 Å². The second kappa shape index (κ2) is 9.21. The third-order valence-corrected chi connectivity index (χ3v) is 6.62. The maximum Gasteiger partial charge on any atom is 0.261 e. The summed E-state index contributed by atoms with van der Waals surface area (Å²) in [6.45, 7) is 10.4. The molecule has 0 unspecified atom stereocenters. The molecule has 0 saturated carbocycles. The third kappa shape index (κ3) is 5.49. The highest BCUT2D eigenvalue weighted by atomic mass is 35.5. The van der Waals surface area contributed by atoms with Gasteiger partial charge in [0.15, 0.2) is 11.6 Å². The number of hydrogen-bond donors (Lipinski definition) is 1. The summed E-state index contributed by atoms with van der Waals surface area (Å²) in [5.74, 6) is 1.11. The van der Waals surface area contributed by atoms with Crippen LogP contribution in [0.3, 0.4) is 0 Å². The predicted octanol–water partition coefficient (Wildman–Crippen LogP) is 5.16. The van der Waals surface area contributed by atoms with E-state index < -0.39 is 10.0 Å². The lowest BCUT2D eigenvalue weighted by Gasteiger charge is -2.19. The zero-order valence-electron chi connectivity index (χ0n) is 19.2. The van der Waals surface area contributed by atoms with Crippen molar-refractivity contribution < 1.29 is 13.2 Å². The molecule has 3 aromatic rings. The molecule has 0 fully saturated rings. The summed E-state index contributed by atoms with van der Waals surface area (Å²) >= 11 is 6.22. The standard InChI is InChI=1S/C23H29ClN4O3S/c1-15(2)31-14-21-25-26-22(28(21)6)19-13-17(24)9-12-20(19)27-32(29,30)18-10-7-16(8-11-18)23(3,4)5/h7-13,15,27H,14H2,1-6H3. The van der Waals surface area contributed by atoms with E-state index in [1.807, 2.05) is 26.0 Å². The Morgan fingerprint density at radius 3 is 2.34 bits per heavy atom. The van der Waals surface area contributed by atoms with Crippen molar-refractivity contribution in [1.29, 1.82) is 0 Å². The highest BCUT2D eigenvalue weighted by Gasteiger charge is 2.21. The molecule has 1 heterocycles. The number of hydrogen-bond acceptors (Lipinski definition) is 5. The van der Waals surface area contributed by atoms with Gasteiger partial charge in [-0.25, -0.2) is 8.42 Å². The Labute approximate surface area is 194 Å². The van der Waals surface area contributed by atoms with Crippen LogP contribution in [0, 0.1) is 0 Å². The summed E-state index contributed by atoms with van der Waals surface area (Å²) in [5.41, 5.74) is 1.87. The number of nitrogens with one attached hydrogen (secondary N) is 1. The number of nitrogens with zero attached hydrogens (tertiary/aromatic N) is 3. The molecule has 0 aliphatic rings. The maximum atomic E-state index is 13.1. The fourth-order valence-electron chi connectivity index (χ4n) is 3.09. The lowest BCUT2D eigenvalue weighted by atomic mass is 9.87. The third-order valence-electron chi connectivity index (χ3n) is 5.01. The zero-order chi connectivity index (χ0) is 23.7. The van der Waals surface area contributed by atoms with Crippen LogP contribution < -0.4 is 4.72 Å². The fraction of sp³-hybridized carbons (Fsp3) is 0.391. The van der Waals surface area contributed by atoms with E-state index in [0.29, 0.717) is 34.5 Å². The van der Waals surface area contributed by atoms with Crippen LogP contribution in [-0.4, -0.2) is 29.3 Å². The smallest absolute Gasteiger partial charge is 0.261 e. The van der Waals surface area contributed by atoms with Gasteiger partial charge in [0.25, 0.3) is 10.0 Å². The lowest BCUT2D eigenvalue weighted by Crippen LogP contribution is -2.15. The Morgan fingerprint density at radius 2 is 1.75 bits per heavy atom. The Bertz CT molecular complexity index is 1200. The van der Waals surface area contributed by atoms with E-state index in [9.17, 15) is 8.42 Å². The van der Waals surface area contributed by atoms with E-state index in [1.54, 1.807) is 41.9 Å². The predicted molar refractivity (Wildman–Crippen MR) is 127 cm³/mol. The zero-order valence-corrected chi connectivity index (χ0v) is 20.8. The molecule has 1 aromatic heterocycles. The second-order valence-corrected chi connectivity index (χ2v) is 11.0. The minimum Gasteiger partial charge on any atom is -0.371 e. The number of halogens is 1. The Kier molecular flexibility index (Phi) is 6.97. The van der Waals surface area contributed by atoms with Crippen LogP contribution in [0.15, 0.2) is 47.4 Å². The highest BCUT2D eigenvalue weighted by molar-refractivity contribution is 7.92. The lowest BCUT2D eigenvalue weighted by molar-refractivity contribution is 0.0598. The van der Waals surface area contributed by atoms with Gasteiger partial charge < -0.3 is 9.30 Å². The normalized spacial score (nSPS) is 12.4. The molecule has 2 aromatic carbocycles. The minimum atomic E-state index is -3.82. The van der Waals surface area contributed by atoms with Gasteiger partial charge in [-0.2, -0.15) is 0 Å². The van der Waals surface area contributed by atoms with Crippen molar-refractivity contribution >= 4 is 27.3 Å². The average Bonchev–Trinajstić information content (AvgIpc) is 3.07. The molecule has 0 saturated heterocycles. The van der Waals surface area contributed by atoms with Crippen LogP contribution in [0.2, 0.25) is 5.02 Å². The summed E-state index contributed by atoms with van der Waals surface area (Å²) in [6, 6.07) is 11.8. The van der Waals surface area contributed by atoms with Crippen LogP contribution >= 0.6 is 11.6 Å². The molecule has 0 bridgehead atoms. The van der Waals surface area contributed by atoms with Crippen molar-refractivity contribution in [3.05, 3.63) is 58.9 Å². The highest BCUT2D eigenvalue weighted by Crippen LogP contribution is 2.32. The molecule has 0 amide bonds. The molecule has 172 valence electrons. The molecule has 0 aliphatic carbocycles. The largest absolute Gasteiger partial charge is 0.371 e. The van der Waals surface area contributed by atoms with Crippen LogP contribution in [0.25, 0.3) is 11.4 Å². The first-order valence-corrected chi connectivity index (χ1v) is 12.2. The van der Waals surface area contributed by atoms with Gasteiger partial charge in [-0.05, 0) is 55.2 Å². The molecular formula is C23H29ClN4O3S. The van der Waals surface area contributed by atoms with Crippen molar-refractivity contribution in [3.8, 4) is 11.4 Å². The number of anilines is 1. The number of ether oxygens (including phenoxy) is 1. The second-order valence-electron chi connectivity index (χ2n) is 8.93. The van der Waals surface area contributed by atoms with E-state index in [2.05, 4.69) is 35.7 Å². The van der Waals surface area contributed by atoms with Crippen molar-refractivity contribution in [2.75, 3.05) is 4.72 Å². The van der Waals surface area contributed by atoms with Crippen LogP contribution in [0.5, 0.6) is 0 Å². The first kappa shape index (κ1) is 24.2. The summed E-state index contributed by atoms with van der Waals surface area (Å²) in [4.78, 5) is 0.176. The van der Waals surface area contributed by atoms with E-state index in [-0.39, 0.29) is 16.4 Å². The quantitative estimate of drug-likeness (QED) is 0.509. The summed E-state index contributed by atoms with van der Waals surface area (Å²) in [7, 11) is -2.02. The average molecular weight is 477 g/mol. The van der Waals surface area contributed by atoms with Gasteiger partial charge in [0.1, 0.15) is 6.61 Å². The van der Waals surface area contributed by atoms with Gasteiger partial charge in [0.2, 0.25) is 0 Å². The minimum absolute atomic E-state index is 0.0494. The molecule has 7 nitrogen and oxygen atoms in total. The van der Waals surface area contributed by atoms with Gasteiger partial charge in [-0.15, -0.1) is 10.2 Å². The molecule has 1 N–H and O–H groups in total. The van der Waals surface area contributed by atoms with Gasteiger partial charge in [-0.3, -0.25) is 4.72 Å². The molecule has 32 heavy (non-hydrogen) atoms. The Hall–Kier alpha value is -2.42. The monoisotopic (exact) mass is 476 g/mol. The van der Waals surface area contributed by atoms with Crippen LogP contribution in [0.4, 0.5) is 5.69 Å². The van der Waals surface area contributed by atoms with E-state index >= 15 is 0 Å². The topological polar surface area (TPSA) is 86.1 Å². The first-order valence-electron chi connectivity index (χ1n) is 10.3. The summed E-state index contributed by atoms with van der Waals surface area (Å²) < 4.78 is 36.2. The molecule has 3 rings (SSSR count). The van der Waals surface area contributed by atoms with Crippen LogP contribution in [0.1, 0.15) is 46.0 Å². The number of aromatic nitrogens is 3. The molecule has 0 aliphatic heterocycles. The summed E-state index contributed by atoms with van der Waals surface area (Å²) in [5, 5.41) is 8.90. The molecule has 9 heteroatoms. The van der Waals surface area contributed by atoms with E-state index in [4.69, 9.17) is 16.3 Å². The Balaban J connectivity index is 1.95. The van der Waals surface area contributed by atoms with E-state index in [0.717, 1.165) is 5.56 Å². The Morgan fingerprint density at radius 1 is 1.09 bits per heavy atom. The number of rotatable bonds is 7. The fourth-order valence-corrected chi connectivity index (χ4v) is 4.34. The van der Waals surface area contributed by atoms with Crippen molar-refractivity contribution in [3.63, 3.8) is 0 Å². The van der Waals surface area contributed by atoms with Crippen molar-refractivity contribution in [2.45, 2.75) is 57.6 Å². The van der Waals surface area contributed by atoms with E-state index in [1.165, 1.54) is 0 Å². The van der Waals surface area contributed by atoms with Gasteiger partial charge in [-0.1, -0.05) is 44.5 Å². The van der Waals surface area contributed by atoms with Crippen molar-refractivity contribution in [1.82, 2.24) is 14.8 Å². The maximum absolute atomic E-state index is 13.1.